The number of hydrogen-bond donors (Lipinski definition) is 1. The van der Waals surface area contributed by atoms with Crippen LogP contribution in [0, 0.1) is 16.7 Å². The first-order chi connectivity index (χ1) is 5.76. The molecular formula is C6H5BrN3O2+. The van der Waals surface area contributed by atoms with Crippen molar-refractivity contribution in [2.45, 2.75) is 0 Å². The lowest BCUT2D eigenvalue weighted by molar-refractivity contribution is 0.110. The van der Waals surface area contributed by atoms with Crippen LogP contribution in [0.5, 0.6) is 0 Å². The Morgan fingerprint density at radius 1 is 1.75 bits per heavy atom. The van der Waals surface area contributed by atoms with Gasteiger partial charge in [-0.25, -0.2) is 0 Å². The molecule has 0 aromatic rings. The molecule has 5 nitrogen and oxygen atoms in total. The molecule has 12 heavy (non-hydrogen) atoms. The molecule has 0 aliphatic rings. The zero-order valence-electron chi connectivity index (χ0n) is 5.94. The fraction of sp³-hybridized carbons (Fsp3) is 0.167. The number of halogens is 1. The third-order valence-corrected chi connectivity index (χ3v) is 1.19. The van der Waals surface area contributed by atoms with Crippen molar-refractivity contribution < 1.29 is 9.84 Å². The highest BCUT2D eigenvalue weighted by atomic mass is 79.9. The second-order valence-corrected chi connectivity index (χ2v) is 2.07. The smallest absolute Gasteiger partial charge is 0.474 e. The van der Waals surface area contributed by atoms with E-state index in [1.807, 2.05) is 0 Å². The van der Waals surface area contributed by atoms with Gasteiger partial charge in [-0.1, -0.05) is 15.9 Å². The molecule has 0 aliphatic heterocycles. The molecule has 0 aromatic carbocycles. The van der Waals surface area contributed by atoms with Crippen molar-refractivity contribution >= 4 is 15.9 Å². The predicted molar refractivity (Wildman–Crippen MR) is 44.4 cm³/mol. The zero-order chi connectivity index (χ0) is 9.40. The second kappa shape index (κ2) is 6.20. The van der Waals surface area contributed by atoms with Gasteiger partial charge < -0.3 is 9.84 Å². The van der Waals surface area contributed by atoms with Crippen molar-refractivity contribution in [3.05, 3.63) is 27.7 Å². The Hall–Kier alpha value is -1.53. The number of allylic oxidation sites excluding steroid dienone is 1. The normalized spacial score (nSPS) is 11.6. The summed E-state index contributed by atoms with van der Waals surface area (Å²) in [7, 11) is 0. The molecule has 0 saturated carbocycles. The van der Waals surface area contributed by atoms with E-state index < -0.39 is 11.6 Å². The van der Waals surface area contributed by atoms with Gasteiger partial charge in [0.15, 0.2) is 4.98 Å². The van der Waals surface area contributed by atoms with E-state index in [0.29, 0.717) is 0 Å². The molecular weight excluding hydrogens is 226 g/mol. The Bertz CT molecular complexity index is 268. The second-order valence-electron chi connectivity index (χ2n) is 1.54. The van der Waals surface area contributed by atoms with Crippen LogP contribution in [0.3, 0.4) is 0 Å². The summed E-state index contributed by atoms with van der Waals surface area (Å²) >= 11 is 2.97. The van der Waals surface area contributed by atoms with E-state index in [2.05, 4.69) is 25.6 Å². The summed E-state index contributed by atoms with van der Waals surface area (Å²) in [4.78, 5) is 4.02. The molecule has 0 radical (unpaired) electrons. The zero-order valence-corrected chi connectivity index (χ0v) is 7.52. The lowest BCUT2D eigenvalue weighted by atomic mass is 10.5. The molecule has 1 N–H and O–H groups in total. The number of aliphatic hydroxyl groups excluding tert-OH is 1. The van der Waals surface area contributed by atoms with Gasteiger partial charge in [-0.2, -0.15) is 5.26 Å². The van der Waals surface area contributed by atoms with Crippen LogP contribution in [0.1, 0.15) is 0 Å². The summed E-state index contributed by atoms with van der Waals surface area (Å²) in [5.74, 6) is -0.703. The minimum atomic E-state index is -0.703. The van der Waals surface area contributed by atoms with Crippen LogP contribution in [-0.2, 0) is 4.74 Å². The van der Waals surface area contributed by atoms with E-state index in [4.69, 9.17) is 15.8 Å². The molecule has 0 saturated heterocycles. The van der Waals surface area contributed by atoms with Crippen LogP contribution >= 0.6 is 15.9 Å². The molecule has 0 fully saturated rings. The number of rotatable bonds is 3. The highest BCUT2D eigenvalue weighted by Gasteiger charge is 2.18. The SMILES string of the molecule is N#C/C([N+]#N)=C(\O)OC/C=C\Br. The first-order valence-electron chi connectivity index (χ1n) is 2.82. The van der Waals surface area contributed by atoms with Gasteiger partial charge in [0, 0.05) is 0 Å². The van der Waals surface area contributed by atoms with Crippen LogP contribution in [0.2, 0.25) is 0 Å². The Morgan fingerprint density at radius 2 is 2.42 bits per heavy atom. The predicted octanol–water partition coefficient (Wildman–Crippen LogP) is 2.02. The highest BCUT2D eigenvalue weighted by Crippen LogP contribution is 2.03. The summed E-state index contributed by atoms with van der Waals surface area (Å²) in [6.45, 7) is 0.0811. The topological polar surface area (TPSA) is 81.4 Å². The number of aliphatic hydroxyl groups is 1. The molecule has 0 spiro atoms. The van der Waals surface area contributed by atoms with E-state index in [0.717, 1.165) is 0 Å². The van der Waals surface area contributed by atoms with Crippen molar-refractivity contribution in [1.82, 2.24) is 0 Å². The average molecular weight is 231 g/mol. The summed E-state index contributed by atoms with van der Waals surface area (Å²) in [6, 6.07) is 1.43. The van der Waals surface area contributed by atoms with Gasteiger partial charge >= 0.3 is 11.6 Å². The van der Waals surface area contributed by atoms with E-state index in [1.54, 1.807) is 6.08 Å². The molecule has 6 heteroatoms. The fourth-order valence-electron chi connectivity index (χ4n) is 0.345. The molecule has 0 amide bonds. The van der Waals surface area contributed by atoms with Gasteiger partial charge in [-0.3, -0.25) is 0 Å². The standard InChI is InChI=1S/C6H4BrN3O2/c7-2-1-3-12-6(11)5(4-8)10-9/h1-2H,3H2/p+1/b2-1-,6-5-. The Balaban J connectivity index is 4.20. The maximum absolute atomic E-state index is 8.87. The lowest BCUT2D eigenvalue weighted by Gasteiger charge is -1.94. The Morgan fingerprint density at radius 3 is 2.83 bits per heavy atom. The summed E-state index contributed by atoms with van der Waals surface area (Å²) in [5.41, 5.74) is -0.557. The van der Waals surface area contributed by atoms with E-state index in [9.17, 15) is 0 Å². The number of ether oxygens (including phenoxy) is 1. The minimum absolute atomic E-state index is 0.0811. The van der Waals surface area contributed by atoms with Crippen molar-refractivity contribution in [3.8, 4) is 6.07 Å². The quantitative estimate of drug-likeness (QED) is 0.457. The highest BCUT2D eigenvalue weighted by molar-refractivity contribution is 9.11. The van der Waals surface area contributed by atoms with Crippen LogP contribution in [-0.4, -0.2) is 11.7 Å². The maximum atomic E-state index is 8.87. The molecule has 0 rings (SSSR count). The van der Waals surface area contributed by atoms with Crippen molar-refractivity contribution in [1.29, 1.82) is 10.7 Å². The van der Waals surface area contributed by atoms with E-state index in [1.165, 1.54) is 11.1 Å². The van der Waals surface area contributed by atoms with Gasteiger partial charge in [-0.05, 0) is 11.1 Å². The van der Waals surface area contributed by atoms with Crippen LogP contribution < -0.4 is 0 Å². The maximum Gasteiger partial charge on any atom is 0.540 e. The van der Waals surface area contributed by atoms with Crippen LogP contribution in [0.25, 0.3) is 4.98 Å². The van der Waals surface area contributed by atoms with Gasteiger partial charge in [0.2, 0.25) is 11.5 Å². The molecule has 0 unspecified atom stereocenters. The summed E-state index contributed by atoms with van der Waals surface area (Å²) in [5, 5.41) is 25.2. The van der Waals surface area contributed by atoms with Crippen molar-refractivity contribution in [2.75, 3.05) is 6.61 Å². The third kappa shape index (κ3) is 3.59. The molecule has 0 aromatic heterocycles. The van der Waals surface area contributed by atoms with Crippen molar-refractivity contribution in [3.63, 3.8) is 0 Å². The largest absolute Gasteiger partial charge is 0.540 e. The summed E-state index contributed by atoms with van der Waals surface area (Å²) < 4.78 is 4.57. The first-order valence-corrected chi connectivity index (χ1v) is 3.74. The summed E-state index contributed by atoms with van der Waals surface area (Å²) in [6.07, 6.45) is 1.54. The van der Waals surface area contributed by atoms with E-state index >= 15 is 0 Å². The lowest BCUT2D eigenvalue weighted by Crippen LogP contribution is -1.93. The van der Waals surface area contributed by atoms with Crippen LogP contribution in [0.4, 0.5) is 0 Å². The molecule has 0 heterocycles. The Kier molecular flexibility index (Phi) is 5.41. The molecule has 0 atom stereocenters. The third-order valence-electron chi connectivity index (χ3n) is 0.814. The van der Waals surface area contributed by atoms with Gasteiger partial charge in [-0.15, -0.1) is 0 Å². The first kappa shape index (κ1) is 10.5. The average Bonchev–Trinajstić information content (AvgIpc) is 2.07. The number of nitriles is 1. The van der Waals surface area contributed by atoms with E-state index in [-0.39, 0.29) is 6.61 Å². The van der Waals surface area contributed by atoms with Gasteiger partial charge in [0.25, 0.3) is 0 Å². The number of nitrogens with zero attached hydrogens (tertiary/aromatic N) is 3. The van der Waals surface area contributed by atoms with Crippen molar-refractivity contribution in [2.24, 2.45) is 0 Å². The van der Waals surface area contributed by atoms with Gasteiger partial charge in [0.1, 0.15) is 6.61 Å². The number of diazo groups is 1. The Labute approximate surface area is 77.3 Å². The monoisotopic (exact) mass is 230 g/mol. The van der Waals surface area contributed by atoms with Gasteiger partial charge in [0.05, 0.1) is 0 Å². The van der Waals surface area contributed by atoms with Crippen LogP contribution in [0.15, 0.2) is 22.7 Å². The number of hydrogen-bond acceptors (Lipinski definition) is 4. The fourth-order valence-corrected chi connectivity index (χ4v) is 0.497. The molecule has 0 bridgehead atoms. The molecule has 62 valence electrons. The minimum Gasteiger partial charge on any atom is -0.474 e. The molecule has 0 aliphatic carbocycles.